The summed E-state index contributed by atoms with van der Waals surface area (Å²) in [4.78, 5) is 17.0. The lowest BCUT2D eigenvalue weighted by molar-refractivity contribution is -0.0591. The molecule has 1 saturated heterocycles. The first kappa shape index (κ1) is 14.0. The van der Waals surface area contributed by atoms with Crippen molar-refractivity contribution < 1.29 is 9.63 Å². The fraction of sp³-hybridized carbons (Fsp3) is 0.750. The number of rotatable bonds is 3. The number of hydrogen-bond acceptors (Lipinski definition) is 5. The fourth-order valence-corrected chi connectivity index (χ4v) is 1.88. The van der Waals surface area contributed by atoms with Crippen molar-refractivity contribution in [3.8, 4) is 0 Å². The summed E-state index contributed by atoms with van der Waals surface area (Å²) in [7, 11) is 0. The number of nitrogens with zero attached hydrogens (tertiary/aromatic N) is 3. The Hall–Kier alpha value is -1.47. The molecule has 1 aliphatic rings. The second-order valence-electron chi connectivity index (χ2n) is 5.71. The molecule has 0 radical (unpaired) electrons. The molecule has 0 aromatic carbocycles. The van der Waals surface area contributed by atoms with E-state index in [0.717, 1.165) is 25.9 Å². The van der Waals surface area contributed by atoms with E-state index >= 15 is 0 Å². The molecule has 2 rings (SSSR count). The van der Waals surface area contributed by atoms with Crippen molar-refractivity contribution in [1.82, 2.24) is 25.8 Å². The molecule has 0 saturated carbocycles. The van der Waals surface area contributed by atoms with Crippen LogP contribution in [-0.2, 0) is 4.84 Å². The van der Waals surface area contributed by atoms with Gasteiger partial charge in [0.2, 0.25) is 0 Å². The molecule has 2 N–H and O–H groups in total. The second kappa shape index (κ2) is 5.66. The van der Waals surface area contributed by atoms with Crippen molar-refractivity contribution in [2.45, 2.75) is 45.3 Å². The van der Waals surface area contributed by atoms with Crippen molar-refractivity contribution in [3.05, 3.63) is 11.9 Å². The van der Waals surface area contributed by atoms with Crippen LogP contribution >= 0.6 is 0 Å². The van der Waals surface area contributed by atoms with Gasteiger partial charge in [0.15, 0.2) is 5.69 Å². The highest BCUT2D eigenvalue weighted by Gasteiger charge is 2.20. The standard InChI is InChI=1S/C12H21N5O2/c1-12(2,3)19-15-11(18)10-8-17(16-14-10)9-4-6-13-7-5-9/h8-9,13H,4-7H2,1-3H3,(H,15,18). The lowest BCUT2D eigenvalue weighted by Gasteiger charge is -2.22. The van der Waals surface area contributed by atoms with Crippen molar-refractivity contribution in [1.29, 1.82) is 0 Å². The molecule has 106 valence electrons. The van der Waals surface area contributed by atoms with E-state index < -0.39 is 5.60 Å². The molecule has 0 bridgehead atoms. The highest BCUT2D eigenvalue weighted by molar-refractivity contribution is 5.91. The Kier molecular flexibility index (Phi) is 4.16. The van der Waals surface area contributed by atoms with Gasteiger partial charge in [-0.05, 0) is 46.7 Å². The summed E-state index contributed by atoms with van der Waals surface area (Å²) in [5.41, 5.74) is 2.24. The summed E-state index contributed by atoms with van der Waals surface area (Å²) in [6, 6.07) is 0.318. The number of carbonyl (C=O) groups is 1. The molecule has 7 heteroatoms. The molecular formula is C12H21N5O2. The summed E-state index contributed by atoms with van der Waals surface area (Å²) < 4.78 is 1.77. The number of hydrogen-bond donors (Lipinski definition) is 2. The zero-order chi connectivity index (χ0) is 13.9. The number of hydroxylamine groups is 1. The third-order valence-corrected chi connectivity index (χ3v) is 2.88. The maximum Gasteiger partial charge on any atom is 0.297 e. The van der Waals surface area contributed by atoms with E-state index in [0.29, 0.717) is 6.04 Å². The molecule has 0 atom stereocenters. The monoisotopic (exact) mass is 267 g/mol. The molecule has 0 unspecified atom stereocenters. The lowest BCUT2D eigenvalue weighted by Crippen LogP contribution is -2.33. The quantitative estimate of drug-likeness (QED) is 0.786. The largest absolute Gasteiger partial charge is 0.317 e. The Morgan fingerprint density at radius 3 is 2.79 bits per heavy atom. The first-order valence-corrected chi connectivity index (χ1v) is 6.56. The maximum atomic E-state index is 11.8. The minimum atomic E-state index is -0.430. The molecule has 1 aliphatic heterocycles. The van der Waals surface area contributed by atoms with Crippen LogP contribution in [-0.4, -0.2) is 39.6 Å². The Morgan fingerprint density at radius 1 is 1.47 bits per heavy atom. The van der Waals surface area contributed by atoms with Gasteiger partial charge in [-0.3, -0.25) is 9.63 Å². The molecule has 1 amide bonds. The number of nitrogens with one attached hydrogen (secondary N) is 2. The molecule has 2 heterocycles. The van der Waals surface area contributed by atoms with Gasteiger partial charge in [0.05, 0.1) is 17.8 Å². The lowest BCUT2D eigenvalue weighted by atomic mass is 10.1. The van der Waals surface area contributed by atoms with Crippen LogP contribution in [0, 0.1) is 0 Å². The van der Waals surface area contributed by atoms with Crippen molar-refractivity contribution >= 4 is 5.91 Å². The fourth-order valence-electron chi connectivity index (χ4n) is 1.88. The highest BCUT2D eigenvalue weighted by atomic mass is 16.7. The van der Waals surface area contributed by atoms with Gasteiger partial charge < -0.3 is 5.32 Å². The summed E-state index contributed by atoms with van der Waals surface area (Å²) in [5.74, 6) is -0.366. The topological polar surface area (TPSA) is 81.1 Å². The van der Waals surface area contributed by atoms with Crippen LogP contribution < -0.4 is 10.8 Å². The number of aromatic nitrogens is 3. The van der Waals surface area contributed by atoms with Crippen molar-refractivity contribution in [3.63, 3.8) is 0 Å². The highest BCUT2D eigenvalue weighted by Crippen LogP contribution is 2.17. The van der Waals surface area contributed by atoms with Gasteiger partial charge in [0.25, 0.3) is 5.91 Å². The average molecular weight is 267 g/mol. The minimum Gasteiger partial charge on any atom is -0.317 e. The van der Waals surface area contributed by atoms with E-state index in [4.69, 9.17) is 4.84 Å². The predicted octanol–water partition coefficient (Wildman–Crippen LogP) is 0.662. The van der Waals surface area contributed by atoms with Crippen LogP contribution in [0.3, 0.4) is 0 Å². The number of amides is 1. The van der Waals surface area contributed by atoms with E-state index in [1.54, 1.807) is 10.9 Å². The Labute approximate surface area is 112 Å². The van der Waals surface area contributed by atoms with Crippen LogP contribution in [0.1, 0.15) is 50.1 Å². The third-order valence-electron chi connectivity index (χ3n) is 2.88. The van der Waals surface area contributed by atoms with Gasteiger partial charge in [-0.15, -0.1) is 5.10 Å². The molecule has 1 aromatic rings. The number of carbonyl (C=O) groups excluding carboxylic acids is 1. The third kappa shape index (κ3) is 4.00. The van der Waals surface area contributed by atoms with Crippen LogP contribution in [0.25, 0.3) is 0 Å². The normalized spacial score (nSPS) is 17.4. The van der Waals surface area contributed by atoms with E-state index in [1.165, 1.54) is 0 Å². The molecule has 1 aromatic heterocycles. The molecule has 0 spiro atoms. The van der Waals surface area contributed by atoms with E-state index in [1.807, 2.05) is 20.8 Å². The van der Waals surface area contributed by atoms with Crippen molar-refractivity contribution in [2.75, 3.05) is 13.1 Å². The molecule has 0 aliphatic carbocycles. The summed E-state index contributed by atoms with van der Waals surface area (Å²) in [6.07, 6.45) is 3.68. The second-order valence-corrected chi connectivity index (χ2v) is 5.71. The van der Waals surface area contributed by atoms with Gasteiger partial charge in [0.1, 0.15) is 0 Å². The van der Waals surface area contributed by atoms with Gasteiger partial charge in [-0.2, -0.15) is 0 Å². The van der Waals surface area contributed by atoms with Crippen LogP contribution in [0.5, 0.6) is 0 Å². The molecule has 1 fully saturated rings. The Bertz CT molecular complexity index is 432. The van der Waals surface area contributed by atoms with Gasteiger partial charge in [-0.1, -0.05) is 5.21 Å². The maximum absolute atomic E-state index is 11.8. The predicted molar refractivity (Wildman–Crippen MR) is 69.5 cm³/mol. The minimum absolute atomic E-state index is 0.280. The first-order valence-electron chi connectivity index (χ1n) is 6.56. The van der Waals surface area contributed by atoms with E-state index in [9.17, 15) is 4.79 Å². The molecule has 7 nitrogen and oxygen atoms in total. The van der Waals surface area contributed by atoms with Crippen LogP contribution in [0.4, 0.5) is 0 Å². The number of piperidine rings is 1. The Morgan fingerprint density at radius 2 is 2.16 bits per heavy atom. The summed E-state index contributed by atoms with van der Waals surface area (Å²) >= 11 is 0. The Balaban J connectivity index is 1.94. The zero-order valence-electron chi connectivity index (χ0n) is 11.6. The van der Waals surface area contributed by atoms with Gasteiger partial charge >= 0.3 is 0 Å². The SMILES string of the molecule is CC(C)(C)ONC(=O)c1cn(C2CCNCC2)nn1. The first-order chi connectivity index (χ1) is 8.96. The summed E-state index contributed by atoms with van der Waals surface area (Å²) in [6.45, 7) is 7.52. The van der Waals surface area contributed by atoms with Crippen LogP contribution in [0.2, 0.25) is 0 Å². The molecule has 19 heavy (non-hydrogen) atoms. The summed E-state index contributed by atoms with van der Waals surface area (Å²) in [5, 5.41) is 11.2. The van der Waals surface area contributed by atoms with E-state index in [2.05, 4.69) is 21.1 Å². The average Bonchev–Trinajstić information content (AvgIpc) is 2.86. The molecular weight excluding hydrogens is 246 g/mol. The zero-order valence-corrected chi connectivity index (χ0v) is 11.6. The van der Waals surface area contributed by atoms with Gasteiger partial charge in [-0.25, -0.2) is 10.2 Å². The smallest absolute Gasteiger partial charge is 0.297 e. The van der Waals surface area contributed by atoms with Crippen molar-refractivity contribution in [2.24, 2.45) is 0 Å². The van der Waals surface area contributed by atoms with Gasteiger partial charge in [0, 0.05) is 0 Å². The van der Waals surface area contributed by atoms with E-state index in [-0.39, 0.29) is 11.6 Å². The van der Waals surface area contributed by atoms with Crippen LogP contribution in [0.15, 0.2) is 6.20 Å².